The van der Waals surface area contributed by atoms with Crippen molar-refractivity contribution in [2.75, 3.05) is 11.5 Å². The fraction of sp³-hybridized carbons (Fsp3) is 0.400. The number of amides is 1. The first-order chi connectivity index (χ1) is 19.7. The van der Waals surface area contributed by atoms with Gasteiger partial charge in [0, 0.05) is 28.4 Å². The molecular formula is C25H22ClF9N2O4S2. The lowest BCUT2D eigenvalue weighted by molar-refractivity contribution is -0.269. The van der Waals surface area contributed by atoms with Crippen LogP contribution in [0.4, 0.5) is 39.5 Å². The molecule has 0 saturated carbocycles. The quantitative estimate of drug-likeness (QED) is 0.282. The summed E-state index contributed by atoms with van der Waals surface area (Å²) < 4.78 is 146. The summed E-state index contributed by atoms with van der Waals surface area (Å²) in [6, 6.07) is 3.13. The van der Waals surface area contributed by atoms with Crippen molar-refractivity contribution in [2.24, 2.45) is 0 Å². The van der Waals surface area contributed by atoms with Crippen molar-refractivity contribution in [3.8, 4) is 0 Å². The largest absolute Gasteiger partial charge is 0.428 e. The maximum atomic E-state index is 14.3. The van der Waals surface area contributed by atoms with Gasteiger partial charge in [-0.15, -0.1) is 11.8 Å². The van der Waals surface area contributed by atoms with Crippen LogP contribution in [0.2, 0.25) is 5.02 Å². The number of thioether (sulfide) groups is 1. The van der Waals surface area contributed by atoms with E-state index < -0.39 is 66.8 Å². The maximum Gasteiger partial charge on any atom is 0.428 e. The predicted octanol–water partition coefficient (Wildman–Crippen LogP) is 6.84. The van der Waals surface area contributed by atoms with Crippen LogP contribution in [0.25, 0.3) is 5.70 Å². The highest BCUT2D eigenvalue weighted by Gasteiger charge is 2.60. The fourth-order valence-corrected chi connectivity index (χ4v) is 7.07. The standard InChI is InChI=1S/C25H22ClF9N2O4S2/c1-3-42-21(43(39,40)4-2)20(38)36-12-14-6-5-13(7-18(14)26)19-11-22(41-37-19,25(33,34)35)15-8-16(23(27,28)29)10-17(9-15)24(30,31)32/h5-11,21,37H,3-4,12H2,1-2H3,(H,36,38). The van der Waals surface area contributed by atoms with Gasteiger partial charge < -0.3 is 5.32 Å². The molecule has 43 heavy (non-hydrogen) atoms. The minimum Gasteiger partial charge on any atom is -0.350 e. The molecule has 1 aliphatic heterocycles. The Kier molecular flexibility index (Phi) is 10.1. The molecule has 0 aromatic heterocycles. The van der Waals surface area contributed by atoms with E-state index in [4.69, 9.17) is 11.6 Å². The number of halogens is 10. The Morgan fingerprint density at radius 1 is 1.00 bits per heavy atom. The lowest BCUT2D eigenvalue weighted by Crippen LogP contribution is -2.43. The van der Waals surface area contributed by atoms with Crippen LogP contribution < -0.4 is 10.8 Å². The summed E-state index contributed by atoms with van der Waals surface area (Å²) in [4.78, 5) is 17.2. The van der Waals surface area contributed by atoms with E-state index >= 15 is 0 Å². The molecule has 18 heteroatoms. The Morgan fingerprint density at radius 3 is 2.05 bits per heavy atom. The summed E-state index contributed by atoms with van der Waals surface area (Å²) in [5.74, 6) is -0.763. The minimum atomic E-state index is -5.53. The second kappa shape index (κ2) is 12.4. The number of rotatable bonds is 9. The first-order valence-electron chi connectivity index (χ1n) is 12.1. The number of hydrogen-bond acceptors (Lipinski definition) is 6. The average molecular weight is 685 g/mol. The maximum absolute atomic E-state index is 14.3. The van der Waals surface area contributed by atoms with E-state index in [9.17, 15) is 52.7 Å². The molecule has 238 valence electrons. The van der Waals surface area contributed by atoms with Crippen molar-refractivity contribution in [3.05, 3.63) is 75.3 Å². The molecule has 2 aromatic rings. The molecule has 0 fully saturated rings. The Morgan fingerprint density at radius 2 is 1.58 bits per heavy atom. The lowest BCUT2D eigenvalue weighted by Gasteiger charge is -2.29. The number of nitrogens with one attached hydrogen (secondary N) is 2. The van der Waals surface area contributed by atoms with E-state index in [0.29, 0.717) is 5.75 Å². The molecule has 6 nitrogen and oxygen atoms in total. The second-order valence-corrected chi connectivity index (χ2v) is 13.5. The van der Waals surface area contributed by atoms with Crippen LogP contribution in [0.15, 0.2) is 42.5 Å². The van der Waals surface area contributed by atoms with Crippen molar-refractivity contribution in [1.82, 2.24) is 10.8 Å². The molecule has 2 aromatic carbocycles. The van der Waals surface area contributed by atoms with Gasteiger partial charge in [-0.05, 0) is 41.7 Å². The number of benzene rings is 2. The van der Waals surface area contributed by atoms with Gasteiger partial charge in [0.15, 0.2) is 14.4 Å². The third kappa shape index (κ3) is 7.54. The van der Waals surface area contributed by atoms with Crippen LogP contribution >= 0.6 is 23.4 Å². The zero-order valence-electron chi connectivity index (χ0n) is 22.0. The topological polar surface area (TPSA) is 84.5 Å². The van der Waals surface area contributed by atoms with Crippen LogP contribution in [0.3, 0.4) is 0 Å². The molecule has 2 N–H and O–H groups in total. The van der Waals surface area contributed by atoms with Crippen LogP contribution in [0, 0.1) is 0 Å². The van der Waals surface area contributed by atoms with Crippen molar-refractivity contribution in [3.63, 3.8) is 0 Å². The summed E-state index contributed by atoms with van der Waals surface area (Å²) in [7, 11) is -3.75. The second-order valence-electron chi connectivity index (χ2n) is 9.05. The number of alkyl halides is 9. The fourth-order valence-electron chi connectivity index (χ4n) is 3.92. The molecule has 0 bridgehead atoms. The Hall–Kier alpha value is -2.63. The number of hydroxylamine groups is 1. The van der Waals surface area contributed by atoms with E-state index in [1.807, 2.05) is 5.48 Å². The first kappa shape index (κ1) is 34.9. The van der Waals surface area contributed by atoms with Crippen LogP contribution in [-0.4, -0.2) is 36.6 Å². The van der Waals surface area contributed by atoms with Gasteiger partial charge >= 0.3 is 18.5 Å². The molecule has 2 atom stereocenters. The summed E-state index contributed by atoms with van der Waals surface area (Å²) in [6.45, 7) is 2.78. The smallest absolute Gasteiger partial charge is 0.350 e. The van der Waals surface area contributed by atoms with E-state index in [-0.39, 0.29) is 52.7 Å². The third-order valence-corrected chi connectivity index (χ3v) is 10.3. The number of hydrogen-bond donors (Lipinski definition) is 2. The molecule has 3 rings (SSSR count). The number of carbonyl (C=O) groups is 1. The molecule has 0 aliphatic carbocycles. The monoisotopic (exact) mass is 684 g/mol. The Bertz CT molecular complexity index is 1480. The van der Waals surface area contributed by atoms with Crippen molar-refractivity contribution in [1.29, 1.82) is 0 Å². The first-order valence-corrected chi connectivity index (χ1v) is 15.2. The molecule has 0 spiro atoms. The van der Waals surface area contributed by atoms with Gasteiger partial charge in [-0.2, -0.15) is 39.5 Å². The van der Waals surface area contributed by atoms with Crippen molar-refractivity contribution >= 4 is 44.8 Å². The zero-order valence-corrected chi connectivity index (χ0v) is 24.4. The summed E-state index contributed by atoms with van der Waals surface area (Å²) in [6.07, 6.45) is -16.1. The van der Waals surface area contributed by atoms with Gasteiger partial charge in [0.25, 0.3) is 0 Å². The zero-order chi connectivity index (χ0) is 32.6. The molecule has 1 heterocycles. The van der Waals surface area contributed by atoms with Gasteiger partial charge in [0.2, 0.25) is 11.5 Å². The molecular weight excluding hydrogens is 663 g/mol. The summed E-state index contributed by atoms with van der Waals surface area (Å²) in [5.41, 5.74) is -7.59. The molecule has 2 unspecified atom stereocenters. The van der Waals surface area contributed by atoms with Gasteiger partial charge in [-0.1, -0.05) is 37.6 Å². The van der Waals surface area contributed by atoms with E-state index in [0.717, 1.165) is 17.8 Å². The van der Waals surface area contributed by atoms with E-state index in [1.165, 1.54) is 19.1 Å². The number of carbonyl (C=O) groups excluding carboxylic acids is 1. The Balaban J connectivity index is 1.98. The van der Waals surface area contributed by atoms with Gasteiger partial charge in [-0.3, -0.25) is 15.1 Å². The Labute approximate surface area is 248 Å². The molecule has 1 aliphatic rings. The summed E-state index contributed by atoms with van der Waals surface area (Å²) in [5, 5.41) is 2.32. The third-order valence-electron chi connectivity index (χ3n) is 6.19. The molecule has 0 radical (unpaired) electrons. The average Bonchev–Trinajstić information content (AvgIpc) is 3.37. The predicted molar refractivity (Wildman–Crippen MR) is 141 cm³/mol. The van der Waals surface area contributed by atoms with E-state index in [2.05, 4.69) is 10.2 Å². The van der Waals surface area contributed by atoms with Crippen molar-refractivity contribution in [2.45, 2.75) is 49.1 Å². The summed E-state index contributed by atoms with van der Waals surface area (Å²) >= 11 is 7.13. The van der Waals surface area contributed by atoms with E-state index in [1.54, 1.807) is 6.92 Å². The highest BCUT2D eigenvalue weighted by molar-refractivity contribution is 8.14. The van der Waals surface area contributed by atoms with Crippen molar-refractivity contribution < 1.29 is 57.6 Å². The minimum absolute atomic E-state index is 0.0779. The van der Waals surface area contributed by atoms with Gasteiger partial charge in [0.05, 0.1) is 16.8 Å². The normalized spacial score (nSPS) is 18.7. The molecule has 1 amide bonds. The van der Waals surface area contributed by atoms with Gasteiger partial charge in [-0.25, -0.2) is 8.42 Å². The van der Waals surface area contributed by atoms with Crippen LogP contribution in [0.5, 0.6) is 0 Å². The highest BCUT2D eigenvalue weighted by Crippen LogP contribution is 2.49. The lowest BCUT2D eigenvalue weighted by atomic mass is 9.88. The SMILES string of the molecule is CCSC(C(=O)NCc1ccc(C2=CC(c3cc(C(F)(F)F)cc(C(F)(F)F)c3)(C(F)(F)F)ON2)cc1Cl)S(=O)(=O)CC. The molecule has 0 saturated heterocycles. The van der Waals surface area contributed by atoms with Crippen LogP contribution in [0.1, 0.15) is 41.7 Å². The highest BCUT2D eigenvalue weighted by atomic mass is 35.5. The number of sulfone groups is 1. The van der Waals surface area contributed by atoms with Crippen LogP contribution in [-0.2, 0) is 44.0 Å². The van der Waals surface area contributed by atoms with Gasteiger partial charge in [0.1, 0.15) is 0 Å².